The van der Waals surface area contributed by atoms with E-state index in [1.807, 2.05) is 0 Å². The minimum Gasteiger partial charge on any atom is -0.481 e. The van der Waals surface area contributed by atoms with E-state index in [1.165, 1.54) is 6.04 Å². The topological polar surface area (TPSA) is 46.5 Å². The van der Waals surface area contributed by atoms with Gasteiger partial charge in [0.1, 0.15) is 0 Å². The third kappa shape index (κ3) is 6.15. The van der Waals surface area contributed by atoms with E-state index in [4.69, 9.17) is 9.53 Å². The van der Waals surface area contributed by atoms with Gasteiger partial charge in [-0.3, -0.25) is 4.79 Å². The maximum absolute atomic E-state index is 10.3. The Morgan fingerprint density at radius 3 is 2.43 bits per heavy atom. The lowest BCUT2D eigenvalue weighted by molar-refractivity contribution is -0.137. The van der Waals surface area contributed by atoms with Crippen LogP contribution in [0.15, 0.2) is 0 Å². The molecule has 0 saturated heterocycles. The van der Waals surface area contributed by atoms with Crippen molar-refractivity contribution < 1.29 is 14.3 Å². The fraction of sp³-hybridized carbons (Fsp3) is 0.900. The summed E-state index contributed by atoms with van der Waals surface area (Å²) >= 11 is 0. The number of carboxylic acids is 1. The summed E-state index contributed by atoms with van der Waals surface area (Å²) in [4.78, 5) is 10.3. The van der Waals surface area contributed by atoms with Crippen LogP contribution in [0, 0.1) is 0 Å². The van der Waals surface area contributed by atoms with E-state index in [1.54, 1.807) is 7.11 Å². The van der Waals surface area contributed by atoms with Gasteiger partial charge < -0.3 is 9.53 Å². The molecule has 1 unspecified atom stereocenters. The smallest absolute Gasteiger partial charge is 0.303 e. The highest BCUT2D eigenvalue weighted by Gasteiger charge is 2.25. The molecule has 3 nitrogen and oxygen atoms in total. The lowest BCUT2D eigenvalue weighted by Crippen LogP contribution is -2.32. The number of unbranched alkanes of at least 4 members (excludes halogenated alkanes) is 1. The molecule has 0 heterocycles. The minimum absolute atomic E-state index is 0.292. The van der Waals surface area contributed by atoms with Gasteiger partial charge in [-0.05, 0) is 25.1 Å². The van der Waals surface area contributed by atoms with Gasteiger partial charge in [-0.1, -0.05) is 19.8 Å². The Balaban J connectivity index is 3.66. The van der Waals surface area contributed by atoms with Gasteiger partial charge in [0.15, 0.2) is 8.32 Å². The summed E-state index contributed by atoms with van der Waals surface area (Å²) < 4.78 is 5.58. The molecule has 0 fully saturated rings. The van der Waals surface area contributed by atoms with E-state index in [-0.39, 0.29) is 0 Å². The zero-order valence-electron chi connectivity index (χ0n) is 9.51. The predicted octanol–water partition coefficient (Wildman–Crippen LogP) is 2.87. The molecule has 0 aromatic heterocycles. The first-order chi connectivity index (χ1) is 6.54. The monoisotopic (exact) mass is 218 g/mol. The van der Waals surface area contributed by atoms with Crippen LogP contribution in [0.1, 0.15) is 32.6 Å². The van der Waals surface area contributed by atoms with Crippen LogP contribution >= 0.6 is 0 Å². The Morgan fingerprint density at radius 1 is 1.36 bits per heavy atom. The standard InChI is InChI=1S/C10H22O3Si/c1-4-8-14(3,13-2)9-6-5-7-10(11)12/h4-9H2,1-3H3,(H,11,12). The van der Waals surface area contributed by atoms with Crippen LogP contribution in [0.2, 0.25) is 18.6 Å². The highest BCUT2D eigenvalue weighted by atomic mass is 28.4. The lowest BCUT2D eigenvalue weighted by atomic mass is 10.2. The van der Waals surface area contributed by atoms with Gasteiger partial charge in [0.25, 0.3) is 0 Å². The van der Waals surface area contributed by atoms with Crippen molar-refractivity contribution >= 4 is 14.3 Å². The molecule has 4 heteroatoms. The average molecular weight is 218 g/mol. The van der Waals surface area contributed by atoms with Crippen molar-refractivity contribution in [2.45, 2.75) is 51.2 Å². The number of hydrogen-bond donors (Lipinski definition) is 1. The molecule has 0 saturated carbocycles. The fourth-order valence-electron chi connectivity index (χ4n) is 1.63. The molecule has 14 heavy (non-hydrogen) atoms. The van der Waals surface area contributed by atoms with E-state index in [0.717, 1.165) is 25.3 Å². The van der Waals surface area contributed by atoms with Crippen molar-refractivity contribution in [3.8, 4) is 0 Å². The number of aliphatic carboxylic acids is 1. The predicted molar refractivity (Wildman–Crippen MR) is 60.0 cm³/mol. The van der Waals surface area contributed by atoms with Crippen molar-refractivity contribution in [2.24, 2.45) is 0 Å². The molecule has 0 rings (SSSR count). The van der Waals surface area contributed by atoms with Crippen molar-refractivity contribution in [1.29, 1.82) is 0 Å². The molecule has 0 radical (unpaired) electrons. The van der Waals surface area contributed by atoms with Gasteiger partial charge in [-0.2, -0.15) is 0 Å². The Kier molecular flexibility index (Phi) is 6.83. The molecule has 0 aromatic carbocycles. The fourth-order valence-corrected chi connectivity index (χ4v) is 4.35. The zero-order valence-corrected chi connectivity index (χ0v) is 10.5. The molecule has 1 N–H and O–H groups in total. The summed E-state index contributed by atoms with van der Waals surface area (Å²) in [7, 11) is 0.302. The number of carboxylic acid groups (broad SMARTS) is 1. The summed E-state index contributed by atoms with van der Waals surface area (Å²) in [6.07, 6.45) is 3.23. The SMILES string of the molecule is CCC[Si](C)(CCCCC(=O)O)OC. The third-order valence-electron chi connectivity index (χ3n) is 2.62. The second-order valence-corrected chi connectivity index (χ2v) is 8.31. The first-order valence-electron chi connectivity index (χ1n) is 5.31. The Hall–Kier alpha value is -0.353. The van der Waals surface area contributed by atoms with Gasteiger partial charge in [0, 0.05) is 13.5 Å². The molecule has 0 aliphatic carbocycles. The summed E-state index contributed by atoms with van der Waals surface area (Å²) in [5.41, 5.74) is 0. The molecule has 84 valence electrons. The maximum atomic E-state index is 10.3. The van der Waals surface area contributed by atoms with E-state index in [9.17, 15) is 4.79 Å². The number of rotatable bonds is 8. The number of carbonyl (C=O) groups is 1. The Labute approximate surface area is 87.6 Å². The summed E-state index contributed by atoms with van der Waals surface area (Å²) in [6, 6.07) is 2.27. The molecular weight excluding hydrogens is 196 g/mol. The van der Waals surface area contributed by atoms with Crippen LogP contribution in [0.4, 0.5) is 0 Å². The highest BCUT2D eigenvalue weighted by Crippen LogP contribution is 2.21. The Bertz CT molecular complexity index is 173. The molecule has 0 spiro atoms. The largest absolute Gasteiger partial charge is 0.481 e. The minimum atomic E-state index is -1.49. The van der Waals surface area contributed by atoms with E-state index in [2.05, 4.69) is 13.5 Å². The molecule has 0 aromatic rings. The van der Waals surface area contributed by atoms with Crippen LogP contribution in [0.25, 0.3) is 0 Å². The van der Waals surface area contributed by atoms with Crippen LogP contribution in [-0.4, -0.2) is 26.5 Å². The van der Waals surface area contributed by atoms with Crippen LogP contribution in [0.5, 0.6) is 0 Å². The van der Waals surface area contributed by atoms with E-state index < -0.39 is 14.3 Å². The molecule has 0 amide bonds. The van der Waals surface area contributed by atoms with E-state index in [0.29, 0.717) is 6.42 Å². The first-order valence-corrected chi connectivity index (χ1v) is 8.13. The van der Waals surface area contributed by atoms with Crippen molar-refractivity contribution in [1.82, 2.24) is 0 Å². The first kappa shape index (κ1) is 13.6. The summed E-state index contributed by atoms with van der Waals surface area (Å²) in [5.74, 6) is -0.693. The quantitative estimate of drug-likeness (QED) is 0.503. The van der Waals surface area contributed by atoms with Gasteiger partial charge in [0.2, 0.25) is 0 Å². The third-order valence-corrected chi connectivity index (χ3v) is 6.57. The second kappa shape index (κ2) is 7.01. The van der Waals surface area contributed by atoms with E-state index >= 15 is 0 Å². The molecular formula is C10H22O3Si. The van der Waals surface area contributed by atoms with Crippen LogP contribution in [0.3, 0.4) is 0 Å². The van der Waals surface area contributed by atoms with Crippen LogP contribution in [-0.2, 0) is 9.22 Å². The summed E-state index contributed by atoms with van der Waals surface area (Å²) in [5, 5.41) is 8.48. The van der Waals surface area contributed by atoms with Crippen LogP contribution < -0.4 is 0 Å². The lowest BCUT2D eigenvalue weighted by Gasteiger charge is -2.24. The zero-order chi connectivity index (χ0) is 11.0. The molecule has 0 aliphatic heterocycles. The highest BCUT2D eigenvalue weighted by molar-refractivity contribution is 6.72. The second-order valence-electron chi connectivity index (χ2n) is 4.00. The average Bonchev–Trinajstić information content (AvgIpc) is 2.13. The van der Waals surface area contributed by atoms with Gasteiger partial charge in [-0.15, -0.1) is 0 Å². The molecule has 0 bridgehead atoms. The summed E-state index contributed by atoms with van der Waals surface area (Å²) in [6.45, 7) is 4.40. The maximum Gasteiger partial charge on any atom is 0.303 e. The Morgan fingerprint density at radius 2 is 2.00 bits per heavy atom. The van der Waals surface area contributed by atoms with Gasteiger partial charge in [0.05, 0.1) is 0 Å². The van der Waals surface area contributed by atoms with Crippen molar-refractivity contribution in [3.05, 3.63) is 0 Å². The number of hydrogen-bond acceptors (Lipinski definition) is 2. The van der Waals surface area contributed by atoms with Gasteiger partial charge >= 0.3 is 5.97 Å². The van der Waals surface area contributed by atoms with Crippen molar-refractivity contribution in [2.75, 3.05) is 7.11 Å². The van der Waals surface area contributed by atoms with Crippen molar-refractivity contribution in [3.63, 3.8) is 0 Å². The molecule has 0 aliphatic rings. The van der Waals surface area contributed by atoms with Gasteiger partial charge in [-0.25, -0.2) is 0 Å². The normalized spacial score (nSPS) is 15.1. The molecule has 1 atom stereocenters.